The van der Waals surface area contributed by atoms with Gasteiger partial charge in [-0.3, -0.25) is 19.7 Å². The fraction of sp³-hybridized carbons (Fsp3) is 0.214. The molecule has 9 heteroatoms. The fourth-order valence-electron chi connectivity index (χ4n) is 5.29. The fourth-order valence-corrected chi connectivity index (χ4v) is 5.29. The highest BCUT2D eigenvalue weighted by Crippen LogP contribution is 2.31. The number of nitrogens with two attached hydrogens (primary N) is 1. The maximum Gasteiger partial charge on any atom is 0.323 e. The Bertz CT molecular complexity index is 1820. The number of hydrogen-bond donors (Lipinski definition) is 2. The Morgan fingerprint density at radius 3 is 1.41 bits per heavy atom. The van der Waals surface area contributed by atoms with E-state index in [9.17, 15) is 14.4 Å². The van der Waals surface area contributed by atoms with Crippen LogP contribution >= 0.6 is 0 Å². The molecule has 0 saturated carbocycles. The van der Waals surface area contributed by atoms with Crippen molar-refractivity contribution >= 4 is 17.8 Å². The molecule has 0 heterocycles. The Hall–Kier alpha value is -5.93. The molecule has 5 rings (SSSR count). The highest BCUT2D eigenvalue weighted by Gasteiger charge is 2.29. The summed E-state index contributed by atoms with van der Waals surface area (Å²) in [7, 11) is 0. The highest BCUT2D eigenvalue weighted by molar-refractivity contribution is 5.81. The summed E-state index contributed by atoms with van der Waals surface area (Å²) in [6.07, 6.45) is 0.0747. The molecule has 51 heavy (non-hydrogen) atoms. The molecule has 262 valence electrons. The summed E-state index contributed by atoms with van der Waals surface area (Å²) in [5, 5.41) is 3.14. The number of benzene rings is 5. The SMILES string of the molecule is NC(=O)CC[C@H](NC(Cc1ccc(OCc2ccccc2)c(OCc2ccccc2)c1)C(=O)OCc1ccccc1)C(=O)OCc1ccccc1. The molecular weight excluding hydrogens is 644 g/mol. The van der Waals surface area contributed by atoms with Gasteiger partial charge in [0.25, 0.3) is 0 Å². The minimum Gasteiger partial charge on any atom is -0.485 e. The van der Waals surface area contributed by atoms with Crippen molar-refractivity contribution in [2.24, 2.45) is 5.73 Å². The van der Waals surface area contributed by atoms with Gasteiger partial charge in [-0.1, -0.05) is 127 Å². The van der Waals surface area contributed by atoms with E-state index in [1.54, 1.807) is 0 Å². The van der Waals surface area contributed by atoms with E-state index in [1.807, 2.05) is 140 Å². The quantitative estimate of drug-likeness (QED) is 0.0948. The number of nitrogens with one attached hydrogen (secondary N) is 1. The van der Waals surface area contributed by atoms with Gasteiger partial charge in [0.05, 0.1) is 0 Å². The second-order valence-electron chi connectivity index (χ2n) is 12.0. The second kappa shape index (κ2) is 19.3. The van der Waals surface area contributed by atoms with Crippen molar-refractivity contribution in [1.82, 2.24) is 5.32 Å². The lowest BCUT2D eigenvalue weighted by molar-refractivity contribution is -0.151. The van der Waals surface area contributed by atoms with Crippen LogP contribution in [0.5, 0.6) is 11.5 Å². The molecule has 3 N–H and O–H groups in total. The molecule has 1 amide bonds. The lowest BCUT2D eigenvalue weighted by Gasteiger charge is -2.24. The largest absolute Gasteiger partial charge is 0.485 e. The maximum atomic E-state index is 13.7. The first kappa shape index (κ1) is 36.4. The van der Waals surface area contributed by atoms with Crippen molar-refractivity contribution in [3.05, 3.63) is 167 Å². The van der Waals surface area contributed by atoms with Gasteiger partial charge in [-0.05, 0) is 52.8 Å². The first-order valence-corrected chi connectivity index (χ1v) is 16.8. The summed E-state index contributed by atoms with van der Waals surface area (Å²) in [5.74, 6) is -0.727. The standard InChI is InChI=1S/C42H42N2O7/c43-40(45)24-22-36(41(46)50-29-33-17-9-3-10-18-33)44-37(42(47)51-30-34-19-11-4-12-20-34)25-35-21-23-38(48-27-31-13-5-1-6-14-31)39(26-35)49-28-32-15-7-2-8-16-32/h1-21,23,26,36-37,44H,22,24-25,27-30H2,(H2,43,45)/t36-,37?/m0/s1. The topological polar surface area (TPSA) is 126 Å². The van der Waals surface area contributed by atoms with Gasteiger partial charge in [0.15, 0.2) is 11.5 Å². The summed E-state index contributed by atoms with van der Waals surface area (Å²) < 4.78 is 23.8. The normalized spacial score (nSPS) is 11.9. The zero-order valence-electron chi connectivity index (χ0n) is 28.3. The maximum absolute atomic E-state index is 13.7. The molecular formula is C42H42N2O7. The molecule has 0 aliphatic rings. The van der Waals surface area contributed by atoms with Gasteiger partial charge >= 0.3 is 11.9 Å². The average molecular weight is 687 g/mol. The van der Waals surface area contributed by atoms with Gasteiger partial charge in [-0.25, -0.2) is 0 Å². The Morgan fingerprint density at radius 2 is 0.941 bits per heavy atom. The number of rotatable bonds is 19. The van der Waals surface area contributed by atoms with Crippen LogP contribution in [0, 0.1) is 0 Å². The lowest BCUT2D eigenvalue weighted by atomic mass is 10.0. The van der Waals surface area contributed by atoms with Crippen LogP contribution < -0.4 is 20.5 Å². The van der Waals surface area contributed by atoms with Gasteiger partial charge in [-0.2, -0.15) is 0 Å². The number of ether oxygens (including phenoxy) is 4. The van der Waals surface area contributed by atoms with Gasteiger partial charge in [-0.15, -0.1) is 0 Å². The molecule has 0 radical (unpaired) electrons. The predicted molar refractivity (Wildman–Crippen MR) is 193 cm³/mol. The first-order chi connectivity index (χ1) is 24.9. The molecule has 5 aromatic carbocycles. The molecule has 1 unspecified atom stereocenters. The van der Waals surface area contributed by atoms with Gasteiger partial charge < -0.3 is 24.7 Å². The number of primary amides is 1. The molecule has 5 aromatic rings. The first-order valence-electron chi connectivity index (χ1n) is 16.8. The lowest BCUT2D eigenvalue weighted by Crippen LogP contribution is -2.49. The van der Waals surface area contributed by atoms with Gasteiger partial charge in [0.2, 0.25) is 5.91 Å². The molecule has 0 saturated heterocycles. The van der Waals surface area contributed by atoms with Crippen LogP contribution in [0.4, 0.5) is 0 Å². The number of esters is 2. The smallest absolute Gasteiger partial charge is 0.323 e. The molecule has 2 atom stereocenters. The van der Waals surface area contributed by atoms with E-state index in [0.717, 1.165) is 27.8 Å². The van der Waals surface area contributed by atoms with E-state index >= 15 is 0 Å². The minimum absolute atomic E-state index is 0.0309. The van der Waals surface area contributed by atoms with Crippen molar-refractivity contribution in [2.75, 3.05) is 0 Å². The van der Waals surface area contributed by atoms with E-state index in [-0.39, 0.29) is 32.5 Å². The molecule has 0 aliphatic heterocycles. The van der Waals surface area contributed by atoms with E-state index in [4.69, 9.17) is 24.7 Å². The Balaban J connectivity index is 1.38. The van der Waals surface area contributed by atoms with Crippen molar-refractivity contribution in [1.29, 1.82) is 0 Å². The Labute approximate surface area is 298 Å². The van der Waals surface area contributed by atoms with Crippen molar-refractivity contribution in [3.63, 3.8) is 0 Å². The van der Waals surface area contributed by atoms with E-state index in [0.29, 0.717) is 24.7 Å². The van der Waals surface area contributed by atoms with Crippen LogP contribution in [0.1, 0.15) is 40.7 Å². The molecule has 0 spiro atoms. The third kappa shape index (κ3) is 12.2. The number of hydrogen-bond acceptors (Lipinski definition) is 8. The van der Waals surface area contributed by atoms with Crippen LogP contribution in [0.25, 0.3) is 0 Å². The molecule has 0 aromatic heterocycles. The van der Waals surface area contributed by atoms with E-state index in [1.165, 1.54) is 0 Å². The highest BCUT2D eigenvalue weighted by atomic mass is 16.5. The van der Waals surface area contributed by atoms with Crippen LogP contribution in [-0.2, 0) is 56.7 Å². The molecule has 0 aliphatic carbocycles. The average Bonchev–Trinajstić information content (AvgIpc) is 3.17. The second-order valence-corrected chi connectivity index (χ2v) is 12.0. The summed E-state index contributed by atoms with van der Waals surface area (Å²) in [6, 6.07) is 41.6. The van der Waals surface area contributed by atoms with Gasteiger partial charge in [0.1, 0.15) is 38.5 Å². The number of carbonyl (C=O) groups is 3. The Morgan fingerprint density at radius 1 is 0.510 bits per heavy atom. The van der Waals surface area contributed by atoms with Crippen LogP contribution in [0.2, 0.25) is 0 Å². The molecule has 9 nitrogen and oxygen atoms in total. The van der Waals surface area contributed by atoms with Crippen molar-refractivity contribution in [3.8, 4) is 11.5 Å². The summed E-state index contributed by atoms with van der Waals surface area (Å²) in [5.41, 5.74) is 9.78. The summed E-state index contributed by atoms with van der Waals surface area (Å²) in [4.78, 5) is 38.9. The minimum atomic E-state index is -1.02. The van der Waals surface area contributed by atoms with Crippen molar-refractivity contribution in [2.45, 2.75) is 57.8 Å². The molecule has 0 fully saturated rings. The van der Waals surface area contributed by atoms with Crippen LogP contribution in [0.15, 0.2) is 140 Å². The predicted octanol–water partition coefficient (Wildman–Crippen LogP) is 6.47. The van der Waals surface area contributed by atoms with Gasteiger partial charge in [0, 0.05) is 6.42 Å². The zero-order valence-corrected chi connectivity index (χ0v) is 28.3. The molecule has 0 bridgehead atoms. The number of carbonyl (C=O) groups excluding carboxylic acids is 3. The summed E-state index contributed by atoms with van der Waals surface area (Å²) >= 11 is 0. The summed E-state index contributed by atoms with van der Waals surface area (Å²) in [6.45, 7) is 0.712. The zero-order chi connectivity index (χ0) is 35.7. The van der Waals surface area contributed by atoms with Crippen molar-refractivity contribution < 1.29 is 33.3 Å². The van der Waals surface area contributed by atoms with E-state index in [2.05, 4.69) is 5.32 Å². The third-order valence-electron chi connectivity index (χ3n) is 8.02. The van der Waals surface area contributed by atoms with Crippen LogP contribution in [0.3, 0.4) is 0 Å². The van der Waals surface area contributed by atoms with E-state index < -0.39 is 29.9 Å². The third-order valence-corrected chi connectivity index (χ3v) is 8.02. The number of amides is 1. The van der Waals surface area contributed by atoms with Crippen LogP contribution in [-0.4, -0.2) is 29.9 Å². The Kier molecular flexibility index (Phi) is 13.8. The monoisotopic (exact) mass is 686 g/mol.